The molecule has 0 heterocycles. The average Bonchev–Trinajstić information content (AvgIpc) is 2.76. The number of benzene rings is 2. The third-order valence-corrected chi connectivity index (χ3v) is 5.42. The molecule has 6 nitrogen and oxygen atoms in total. The number of ether oxygens (including phenoxy) is 4. The molecule has 0 aliphatic heterocycles. The number of hydrogen-bond donors (Lipinski definition) is 0. The molecule has 0 aliphatic carbocycles. The number of rotatable bonds is 10. The van der Waals surface area contributed by atoms with Gasteiger partial charge in [0.1, 0.15) is 34.1 Å². The maximum absolute atomic E-state index is 14.0. The Morgan fingerprint density at radius 3 is 1.28 bits per heavy atom. The summed E-state index contributed by atoms with van der Waals surface area (Å²) >= 11 is 0. The van der Waals surface area contributed by atoms with Crippen LogP contribution in [0.4, 0.5) is 0 Å². The molecule has 0 fully saturated rings. The number of ketones is 2. The van der Waals surface area contributed by atoms with Crippen molar-refractivity contribution in [1.82, 2.24) is 0 Å². The van der Waals surface area contributed by atoms with Gasteiger partial charge in [-0.05, 0) is 42.0 Å². The second-order valence-corrected chi connectivity index (χ2v) is 9.02. The van der Waals surface area contributed by atoms with E-state index >= 15 is 0 Å². The van der Waals surface area contributed by atoms with Crippen molar-refractivity contribution in [2.75, 3.05) is 28.4 Å². The predicted molar refractivity (Wildman–Crippen MR) is 124 cm³/mol. The van der Waals surface area contributed by atoms with Crippen molar-refractivity contribution in [3.05, 3.63) is 47.5 Å². The van der Waals surface area contributed by atoms with Gasteiger partial charge >= 0.3 is 0 Å². The van der Waals surface area contributed by atoms with Crippen molar-refractivity contribution in [2.45, 2.75) is 34.1 Å². The lowest BCUT2D eigenvalue weighted by Crippen LogP contribution is -2.33. The normalized spacial score (nSPS) is 12.3. The minimum atomic E-state index is -0.982. The van der Waals surface area contributed by atoms with Gasteiger partial charge in [0, 0.05) is 0 Å². The highest BCUT2D eigenvalue weighted by atomic mass is 16.5. The Bertz CT molecular complexity index is 845. The van der Waals surface area contributed by atoms with Crippen LogP contribution in [-0.4, -0.2) is 40.0 Å². The van der Waals surface area contributed by atoms with Crippen LogP contribution in [-0.2, 0) is 0 Å². The molecule has 2 aromatic rings. The van der Waals surface area contributed by atoms with Crippen molar-refractivity contribution in [3.8, 4) is 23.0 Å². The van der Waals surface area contributed by atoms with Gasteiger partial charge in [-0.3, -0.25) is 9.59 Å². The van der Waals surface area contributed by atoms with Gasteiger partial charge in [-0.1, -0.05) is 39.8 Å². The molecule has 1 unspecified atom stereocenters. The van der Waals surface area contributed by atoms with Gasteiger partial charge in [0.2, 0.25) is 0 Å². The minimum absolute atomic E-state index is 0.0893. The van der Waals surface area contributed by atoms with Gasteiger partial charge in [0.25, 0.3) is 0 Å². The fourth-order valence-corrected chi connectivity index (χ4v) is 4.22. The van der Waals surface area contributed by atoms with Crippen molar-refractivity contribution in [1.29, 1.82) is 0 Å². The third-order valence-electron chi connectivity index (χ3n) is 5.42. The molecular formula is C26H34O6. The van der Waals surface area contributed by atoms with Gasteiger partial charge in [0.15, 0.2) is 11.6 Å². The summed E-state index contributed by atoms with van der Waals surface area (Å²) in [7, 11) is 5.96. The molecule has 0 saturated carbocycles. The van der Waals surface area contributed by atoms with Crippen molar-refractivity contribution >= 4 is 11.6 Å². The molecule has 0 spiro atoms. The van der Waals surface area contributed by atoms with E-state index in [4.69, 9.17) is 18.9 Å². The molecule has 0 aromatic heterocycles. The van der Waals surface area contributed by atoms with Crippen LogP contribution < -0.4 is 18.9 Å². The minimum Gasteiger partial charge on any atom is -0.496 e. The van der Waals surface area contributed by atoms with Crippen LogP contribution in [0.5, 0.6) is 23.0 Å². The number of Topliss-reactive ketones (excluding diaryl/α,β-unsaturated/α-hetero) is 2. The maximum Gasteiger partial charge on any atom is 0.181 e. The quantitative estimate of drug-likeness (QED) is 0.359. The molecule has 6 heteroatoms. The first-order chi connectivity index (χ1) is 15.1. The van der Waals surface area contributed by atoms with Gasteiger partial charge in [-0.15, -0.1) is 0 Å². The predicted octanol–water partition coefficient (Wildman–Crippen LogP) is 5.48. The fourth-order valence-electron chi connectivity index (χ4n) is 4.22. The molecule has 0 amide bonds. The molecule has 0 saturated heterocycles. The monoisotopic (exact) mass is 442 g/mol. The second-order valence-electron chi connectivity index (χ2n) is 9.02. The van der Waals surface area contributed by atoms with Crippen molar-refractivity contribution in [3.63, 3.8) is 0 Å². The summed E-state index contributed by atoms with van der Waals surface area (Å²) < 4.78 is 21.8. The van der Waals surface area contributed by atoms with Gasteiger partial charge in [-0.2, -0.15) is 0 Å². The molecular weight excluding hydrogens is 408 g/mol. The molecule has 0 N–H and O–H groups in total. The van der Waals surface area contributed by atoms with Gasteiger partial charge < -0.3 is 18.9 Å². The summed E-state index contributed by atoms with van der Waals surface area (Å²) in [6, 6.07) is 10.2. The first-order valence-corrected chi connectivity index (χ1v) is 10.6. The Labute approximate surface area is 190 Å². The van der Waals surface area contributed by atoms with Crippen molar-refractivity contribution < 1.29 is 28.5 Å². The van der Waals surface area contributed by atoms with Gasteiger partial charge in [-0.25, -0.2) is 0 Å². The molecule has 0 aliphatic rings. The van der Waals surface area contributed by atoms with Crippen molar-refractivity contribution in [2.24, 2.45) is 17.3 Å². The van der Waals surface area contributed by atoms with E-state index in [-0.39, 0.29) is 34.0 Å². The highest BCUT2D eigenvalue weighted by Gasteiger charge is 2.39. The second kappa shape index (κ2) is 10.5. The van der Waals surface area contributed by atoms with E-state index in [1.807, 2.05) is 6.92 Å². The number of carbonyl (C=O) groups is 2. The summed E-state index contributed by atoms with van der Waals surface area (Å²) in [5.74, 6) is -0.500. The Balaban J connectivity index is 2.71. The lowest BCUT2D eigenvalue weighted by Gasteiger charge is -2.29. The smallest absolute Gasteiger partial charge is 0.181 e. The van der Waals surface area contributed by atoms with Crippen LogP contribution in [0, 0.1) is 17.3 Å². The molecule has 2 rings (SSSR count). The van der Waals surface area contributed by atoms with Crippen LogP contribution in [0.1, 0.15) is 54.8 Å². The van der Waals surface area contributed by atoms with Gasteiger partial charge in [0.05, 0.1) is 34.4 Å². The molecule has 1 atom stereocenters. The average molecular weight is 443 g/mol. The van der Waals surface area contributed by atoms with E-state index in [2.05, 4.69) is 20.8 Å². The maximum atomic E-state index is 14.0. The van der Waals surface area contributed by atoms with Crippen LogP contribution in [0.15, 0.2) is 36.4 Å². The highest BCUT2D eigenvalue weighted by molar-refractivity contribution is 6.19. The van der Waals surface area contributed by atoms with E-state index < -0.39 is 5.92 Å². The summed E-state index contributed by atoms with van der Waals surface area (Å²) in [5.41, 5.74) is 0.421. The SMILES string of the molecule is COc1cccc(OC)c1C(=O)C(C(=O)c1c(OC)cccc1OC)C(C)CC(C)(C)C. The Hall–Kier alpha value is -3.02. The first kappa shape index (κ1) is 25.2. The zero-order valence-corrected chi connectivity index (χ0v) is 20.3. The van der Waals surface area contributed by atoms with Crippen LogP contribution in [0.25, 0.3) is 0 Å². The van der Waals surface area contributed by atoms with E-state index in [1.54, 1.807) is 36.4 Å². The molecule has 0 bridgehead atoms. The van der Waals surface area contributed by atoms with Crippen LogP contribution in [0.3, 0.4) is 0 Å². The van der Waals surface area contributed by atoms with E-state index in [1.165, 1.54) is 28.4 Å². The summed E-state index contributed by atoms with van der Waals surface area (Å²) in [6.07, 6.45) is 0.657. The lowest BCUT2D eigenvalue weighted by molar-refractivity contribution is 0.0727. The number of methoxy groups -OCH3 is 4. The number of hydrogen-bond acceptors (Lipinski definition) is 6. The molecule has 2 aromatic carbocycles. The van der Waals surface area contributed by atoms with E-state index in [0.29, 0.717) is 29.4 Å². The highest BCUT2D eigenvalue weighted by Crippen LogP contribution is 2.40. The summed E-state index contributed by atoms with van der Waals surface area (Å²) in [5, 5.41) is 0. The third kappa shape index (κ3) is 5.42. The number of carbonyl (C=O) groups excluding carboxylic acids is 2. The molecule has 32 heavy (non-hydrogen) atoms. The molecule has 174 valence electrons. The Morgan fingerprint density at radius 2 is 1.03 bits per heavy atom. The topological polar surface area (TPSA) is 71.1 Å². The fraction of sp³-hybridized carbons (Fsp3) is 0.462. The first-order valence-electron chi connectivity index (χ1n) is 10.6. The van der Waals surface area contributed by atoms with E-state index in [0.717, 1.165) is 0 Å². The standard InChI is InChI=1S/C26H34O6/c1-16(15-26(2,3)4)21(24(27)22-17(29-5)11-9-12-18(22)30-6)25(28)23-19(31-7)13-10-14-20(23)32-8/h9-14,16,21H,15H2,1-8H3. The largest absolute Gasteiger partial charge is 0.496 e. The summed E-state index contributed by atoms with van der Waals surface area (Å²) in [4.78, 5) is 28.0. The van der Waals surface area contributed by atoms with E-state index in [9.17, 15) is 9.59 Å². The lowest BCUT2D eigenvalue weighted by atomic mass is 9.73. The van der Waals surface area contributed by atoms with Crippen LogP contribution in [0.2, 0.25) is 0 Å². The molecule has 0 radical (unpaired) electrons. The van der Waals surface area contributed by atoms with Crippen LogP contribution >= 0.6 is 0 Å². The Kier molecular flexibility index (Phi) is 8.31. The zero-order chi connectivity index (χ0) is 24.1. The summed E-state index contributed by atoms with van der Waals surface area (Å²) in [6.45, 7) is 8.18. The Morgan fingerprint density at radius 1 is 0.719 bits per heavy atom. The zero-order valence-electron chi connectivity index (χ0n) is 20.3.